The molecule has 0 aromatic carbocycles. The molecular weight excluding hydrogens is 224 g/mol. The molecule has 1 aliphatic carbocycles. The van der Waals surface area contributed by atoms with E-state index in [4.69, 9.17) is 4.74 Å². The van der Waals surface area contributed by atoms with Crippen LogP contribution in [-0.2, 0) is 4.74 Å². The van der Waals surface area contributed by atoms with Gasteiger partial charge in [-0.05, 0) is 44.1 Å². The summed E-state index contributed by atoms with van der Waals surface area (Å²) in [5.41, 5.74) is 0. The zero-order chi connectivity index (χ0) is 12.8. The average molecular weight is 254 g/mol. The zero-order valence-corrected chi connectivity index (χ0v) is 12.2. The van der Waals surface area contributed by atoms with E-state index in [0.29, 0.717) is 5.92 Å². The van der Waals surface area contributed by atoms with Crippen molar-refractivity contribution in [2.75, 3.05) is 39.4 Å². The summed E-state index contributed by atoms with van der Waals surface area (Å²) < 4.78 is 5.73. The molecule has 2 aliphatic rings. The van der Waals surface area contributed by atoms with Crippen molar-refractivity contribution in [3.63, 3.8) is 0 Å². The van der Waals surface area contributed by atoms with Gasteiger partial charge in [0, 0.05) is 32.3 Å². The quantitative estimate of drug-likeness (QED) is 0.638. The Morgan fingerprint density at radius 1 is 1.22 bits per heavy atom. The summed E-state index contributed by atoms with van der Waals surface area (Å²) in [6.45, 7) is 11.1. The van der Waals surface area contributed by atoms with Gasteiger partial charge in [0.05, 0.1) is 6.61 Å². The molecule has 2 fully saturated rings. The Hall–Kier alpha value is -0.120. The second-order valence-corrected chi connectivity index (χ2v) is 6.46. The summed E-state index contributed by atoms with van der Waals surface area (Å²) in [4.78, 5) is 2.63. The Balaban J connectivity index is 1.63. The first kappa shape index (κ1) is 14.3. The topological polar surface area (TPSA) is 24.5 Å². The molecule has 1 heterocycles. The first-order valence-electron chi connectivity index (χ1n) is 7.77. The molecule has 0 amide bonds. The van der Waals surface area contributed by atoms with Gasteiger partial charge in [-0.2, -0.15) is 0 Å². The maximum absolute atomic E-state index is 5.73. The van der Waals surface area contributed by atoms with E-state index in [1.165, 1.54) is 45.3 Å². The maximum Gasteiger partial charge on any atom is 0.0593 e. The van der Waals surface area contributed by atoms with E-state index in [1.807, 2.05) is 0 Å². The van der Waals surface area contributed by atoms with Gasteiger partial charge in [0.2, 0.25) is 0 Å². The lowest BCUT2D eigenvalue weighted by atomic mass is 10.2. The first-order chi connectivity index (χ1) is 8.74. The molecule has 0 radical (unpaired) electrons. The van der Waals surface area contributed by atoms with Gasteiger partial charge in [0.15, 0.2) is 0 Å². The molecule has 106 valence electrons. The van der Waals surface area contributed by atoms with Crippen LogP contribution < -0.4 is 5.32 Å². The smallest absolute Gasteiger partial charge is 0.0593 e. The lowest BCUT2D eigenvalue weighted by Gasteiger charge is -2.25. The third-order valence-electron chi connectivity index (χ3n) is 3.86. The highest BCUT2D eigenvalue weighted by Gasteiger charge is 2.26. The molecule has 3 heteroatoms. The van der Waals surface area contributed by atoms with Crippen molar-refractivity contribution >= 4 is 0 Å². The zero-order valence-electron chi connectivity index (χ0n) is 12.2. The molecule has 1 atom stereocenters. The van der Waals surface area contributed by atoms with E-state index < -0.39 is 0 Å². The number of hydrogen-bond acceptors (Lipinski definition) is 3. The number of nitrogens with one attached hydrogen (secondary N) is 1. The predicted octanol–water partition coefficient (Wildman–Crippen LogP) is 2.12. The van der Waals surface area contributed by atoms with Crippen LogP contribution in [0.3, 0.4) is 0 Å². The fourth-order valence-corrected chi connectivity index (χ4v) is 2.66. The fourth-order valence-electron chi connectivity index (χ4n) is 2.66. The molecule has 2 rings (SSSR count). The van der Waals surface area contributed by atoms with Crippen LogP contribution in [0.5, 0.6) is 0 Å². The molecule has 18 heavy (non-hydrogen) atoms. The lowest BCUT2D eigenvalue weighted by Crippen LogP contribution is -2.40. The van der Waals surface area contributed by atoms with Crippen molar-refractivity contribution in [1.29, 1.82) is 0 Å². The summed E-state index contributed by atoms with van der Waals surface area (Å²) in [5.74, 6) is 1.63. The van der Waals surface area contributed by atoms with E-state index in [-0.39, 0.29) is 0 Å². The second kappa shape index (κ2) is 7.46. The van der Waals surface area contributed by atoms with E-state index in [2.05, 4.69) is 24.1 Å². The molecule has 1 saturated carbocycles. The monoisotopic (exact) mass is 254 g/mol. The van der Waals surface area contributed by atoms with E-state index in [1.54, 1.807) is 0 Å². The van der Waals surface area contributed by atoms with Crippen LogP contribution >= 0.6 is 0 Å². The summed E-state index contributed by atoms with van der Waals surface area (Å²) in [5, 5.41) is 3.61. The van der Waals surface area contributed by atoms with E-state index in [9.17, 15) is 0 Å². The minimum atomic E-state index is 0.651. The predicted molar refractivity (Wildman–Crippen MR) is 75.8 cm³/mol. The molecule has 0 spiro atoms. The van der Waals surface area contributed by atoms with Crippen molar-refractivity contribution in [2.24, 2.45) is 11.8 Å². The first-order valence-corrected chi connectivity index (χ1v) is 7.77. The standard InChI is InChI=1S/C15H30N2O/c1-13(2)12-18-9-8-17(10-14-5-6-14)11-15-4-3-7-16-15/h13-16H,3-12H2,1-2H3. The highest BCUT2D eigenvalue weighted by molar-refractivity contribution is 4.82. The molecule has 3 nitrogen and oxygen atoms in total. The van der Waals surface area contributed by atoms with E-state index >= 15 is 0 Å². The van der Waals surface area contributed by atoms with E-state index in [0.717, 1.165) is 31.7 Å². The van der Waals surface area contributed by atoms with Gasteiger partial charge in [0.25, 0.3) is 0 Å². The van der Waals surface area contributed by atoms with Crippen molar-refractivity contribution in [3.8, 4) is 0 Å². The Morgan fingerprint density at radius 3 is 2.67 bits per heavy atom. The summed E-state index contributed by atoms with van der Waals surface area (Å²) in [7, 11) is 0. The molecule has 1 saturated heterocycles. The van der Waals surface area contributed by atoms with Crippen molar-refractivity contribution in [1.82, 2.24) is 10.2 Å². The lowest BCUT2D eigenvalue weighted by molar-refractivity contribution is 0.0817. The Kier molecular flexibility index (Phi) is 5.93. The molecule has 1 N–H and O–H groups in total. The summed E-state index contributed by atoms with van der Waals surface area (Å²) in [6, 6.07) is 0.730. The summed E-state index contributed by atoms with van der Waals surface area (Å²) in [6.07, 6.45) is 5.60. The Labute approximate surface area is 112 Å². The average Bonchev–Trinajstić information content (AvgIpc) is 2.98. The molecule has 1 aliphatic heterocycles. The molecule has 0 aromatic heterocycles. The van der Waals surface area contributed by atoms with Gasteiger partial charge in [0.1, 0.15) is 0 Å². The van der Waals surface area contributed by atoms with Gasteiger partial charge in [-0.15, -0.1) is 0 Å². The van der Waals surface area contributed by atoms with Crippen molar-refractivity contribution in [2.45, 2.75) is 45.6 Å². The number of ether oxygens (including phenoxy) is 1. The molecule has 0 aromatic rings. The van der Waals surface area contributed by atoms with Gasteiger partial charge >= 0.3 is 0 Å². The Morgan fingerprint density at radius 2 is 2.06 bits per heavy atom. The van der Waals surface area contributed by atoms with Crippen molar-refractivity contribution < 1.29 is 4.74 Å². The molecule has 0 bridgehead atoms. The number of hydrogen-bond donors (Lipinski definition) is 1. The number of rotatable bonds is 9. The third-order valence-corrected chi connectivity index (χ3v) is 3.86. The van der Waals surface area contributed by atoms with Crippen LogP contribution in [-0.4, -0.2) is 50.3 Å². The van der Waals surface area contributed by atoms with Crippen LogP contribution in [0, 0.1) is 11.8 Å². The SMILES string of the molecule is CC(C)COCCN(CC1CC1)CC1CCCN1. The fraction of sp³-hybridized carbons (Fsp3) is 1.00. The van der Waals surface area contributed by atoms with Crippen LogP contribution in [0.15, 0.2) is 0 Å². The third kappa shape index (κ3) is 5.68. The van der Waals surface area contributed by atoms with Crippen LogP contribution in [0.4, 0.5) is 0 Å². The minimum absolute atomic E-state index is 0.651. The minimum Gasteiger partial charge on any atom is -0.380 e. The summed E-state index contributed by atoms with van der Waals surface area (Å²) >= 11 is 0. The van der Waals surface area contributed by atoms with Gasteiger partial charge in [-0.25, -0.2) is 0 Å². The van der Waals surface area contributed by atoms with Gasteiger partial charge in [-0.1, -0.05) is 13.8 Å². The maximum atomic E-state index is 5.73. The van der Waals surface area contributed by atoms with Crippen LogP contribution in [0.25, 0.3) is 0 Å². The molecule has 1 unspecified atom stereocenters. The highest BCUT2D eigenvalue weighted by Crippen LogP contribution is 2.29. The van der Waals surface area contributed by atoms with Gasteiger partial charge < -0.3 is 10.1 Å². The largest absolute Gasteiger partial charge is 0.380 e. The Bertz CT molecular complexity index is 223. The molecular formula is C15H30N2O. The van der Waals surface area contributed by atoms with Crippen LogP contribution in [0.2, 0.25) is 0 Å². The second-order valence-electron chi connectivity index (χ2n) is 6.46. The number of nitrogens with zero attached hydrogens (tertiary/aromatic N) is 1. The van der Waals surface area contributed by atoms with Crippen molar-refractivity contribution in [3.05, 3.63) is 0 Å². The van der Waals surface area contributed by atoms with Gasteiger partial charge in [-0.3, -0.25) is 4.90 Å². The normalized spacial score (nSPS) is 24.3. The van der Waals surface area contributed by atoms with Crippen LogP contribution in [0.1, 0.15) is 39.5 Å². The highest BCUT2D eigenvalue weighted by atomic mass is 16.5.